The van der Waals surface area contributed by atoms with Gasteiger partial charge in [-0.25, -0.2) is 4.79 Å². The van der Waals surface area contributed by atoms with E-state index in [0.29, 0.717) is 17.7 Å². The summed E-state index contributed by atoms with van der Waals surface area (Å²) in [5, 5.41) is 0. The highest BCUT2D eigenvalue weighted by atomic mass is 16.4. The summed E-state index contributed by atoms with van der Waals surface area (Å²) in [7, 11) is 0. The molecule has 0 amide bonds. The van der Waals surface area contributed by atoms with Gasteiger partial charge < -0.3 is 9.32 Å². The van der Waals surface area contributed by atoms with E-state index < -0.39 is 0 Å². The Hall–Kier alpha value is -1.59. The Morgan fingerprint density at radius 2 is 1.92 bits per heavy atom. The minimum absolute atomic E-state index is 0.205. The van der Waals surface area contributed by atoms with E-state index in [9.17, 15) is 4.79 Å². The molecule has 0 spiro atoms. The molecular weight excluding hydrogens is 314 g/mol. The molecule has 0 radical (unpaired) electrons. The van der Waals surface area contributed by atoms with E-state index in [1.54, 1.807) is 0 Å². The molecule has 2 aromatic rings. The quantitative estimate of drug-likeness (QED) is 0.805. The molecule has 0 aliphatic carbocycles. The Kier molecular flexibility index (Phi) is 5.64. The van der Waals surface area contributed by atoms with E-state index in [1.807, 2.05) is 28.8 Å². The summed E-state index contributed by atoms with van der Waals surface area (Å²) in [5.41, 5.74) is 1.61. The summed E-state index contributed by atoms with van der Waals surface area (Å²) in [6.07, 6.45) is 2.16. The first-order valence-electron chi connectivity index (χ1n) is 9.55. The van der Waals surface area contributed by atoms with Crippen molar-refractivity contribution in [3.8, 4) is 0 Å². The maximum Gasteiger partial charge on any atom is 0.420 e. The standard InChI is InChI=1S/C20H31N3O2/c1-15(2)22(16(3)4)13-12-21-11-7-8-17(14-21)23-18-9-5-6-10-19(18)25-20(23)24/h5-6,9-10,15-17H,7-8,11-14H2,1-4H3. The second-order valence-corrected chi connectivity index (χ2v) is 7.73. The molecule has 1 unspecified atom stereocenters. The number of benzene rings is 1. The van der Waals surface area contributed by atoms with Crippen molar-refractivity contribution >= 4 is 11.1 Å². The van der Waals surface area contributed by atoms with Crippen LogP contribution < -0.4 is 5.76 Å². The topological polar surface area (TPSA) is 41.6 Å². The number of nitrogens with zero attached hydrogens (tertiary/aromatic N) is 3. The van der Waals surface area contributed by atoms with Crippen LogP contribution >= 0.6 is 0 Å². The molecule has 5 heteroatoms. The number of piperidine rings is 1. The second kappa shape index (κ2) is 7.75. The molecular formula is C20H31N3O2. The smallest absolute Gasteiger partial charge is 0.408 e. The summed E-state index contributed by atoms with van der Waals surface area (Å²) < 4.78 is 7.29. The van der Waals surface area contributed by atoms with Gasteiger partial charge in [0.2, 0.25) is 0 Å². The zero-order chi connectivity index (χ0) is 18.0. The zero-order valence-electron chi connectivity index (χ0n) is 15.9. The van der Waals surface area contributed by atoms with Crippen LogP contribution in [0.4, 0.5) is 0 Å². The van der Waals surface area contributed by atoms with Gasteiger partial charge in [-0.05, 0) is 59.2 Å². The third-order valence-corrected chi connectivity index (χ3v) is 5.37. The predicted octanol–water partition coefficient (Wildman–Crippen LogP) is 3.35. The minimum atomic E-state index is -0.223. The molecule has 2 heterocycles. The molecule has 1 aromatic carbocycles. The van der Waals surface area contributed by atoms with Gasteiger partial charge in [0.1, 0.15) is 0 Å². The van der Waals surface area contributed by atoms with Crippen molar-refractivity contribution in [1.29, 1.82) is 0 Å². The van der Waals surface area contributed by atoms with Crippen LogP contribution in [0, 0.1) is 0 Å². The maximum absolute atomic E-state index is 12.4. The van der Waals surface area contributed by atoms with Gasteiger partial charge in [0.05, 0.1) is 11.6 Å². The van der Waals surface area contributed by atoms with Crippen molar-refractivity contribution in [2.45, 2.75) is 58.7 Å². The van der Waals surface area contributed by atoms with Crippen LogP contribution in [-0.4, -0.2) is 52.6 Å². The van der Waals surface area contributed by atoms with Gasteiger partial charge in [-0.15, -0.1) is 0 Å². The molecule has 1 aliphatic heterocycles. The van der Waals surface area contributed by atoms with E-state index in [2.05, 4.69) is 37.5 Å². The lowest BCUT2D eigenvalue weighted by Gasteiger charge is -2.36. The fourth-order valence-corrected chi connectivity index (χ4v) is 4.14. The monoisotopic (exact) mass is 345 g/mol. The average molecular weight is 345 g/mol. The maximum atomic E-state index is 12.4. The molecule has 0 saturated carbocycles. The van der Waals surface area contributed by atoms with Crippen LogP contribution in [0.5, 0.6) is 0 Å². The summed E-state index contributed by atoms with van der Waals surface area (Å²) in [5.74, 6) is -0.223. The average Bonchev–Trinajstić information content (AvgIpc) is 2.90. The number of aromatic nitrogens is 1. The highest BCUT2D eigenvalue weighted by Crippen LogP contribution is 2.24. The van der Waals surface area contributed by atoms with Gasteiger partial charge in [-0.1, -0.05) is 12.1 Å². The first-order chi connectivity index (χ1) is 12.0. The Labute approximate surface area is 150 Å². The lowest BCUT2D eigenvalue weighted by Crippen LogP contribution is -2.45. The Balaban J connectivity index is 1.71. The van der Waals surface area contributed by atoms with E-state index in [-0.39, 0.29) is 11.8 Å². The number of hydrogen-bond acceptors (Lipinski definition) is 4. The summed E-state index contributed by atoms with van der Waals surface area (Å²) in [6.45, 7) is 13.2. The van der Waals surface area contributed by atoms with Crippen molar-refractivity contribution in [1.82, 2.24) is 14.4 Å². The molecule has 1 aromatic heterocycles. The van der Waals surface area contributed by atoms with Crippen molar-refractivity contribution < 1.29 is 4.42 Å². The summed E-state index contributed by atoms with van der Waals surface area (Å²) >= 11 is 0. The van der Waals surface area contributed by atoms with Gasteiger partial charge in [0.15, 0.2) is 5.58 Å². The number of para-hydroxylation sites is 2. The van der Waals surface area contributed by atoms with E-state index >= 15 is 0 Å². The van der Waals surface area contributed by atoms with Crippen LogP contribution in [0.3, 0.4) is 0 Å². The number of rotatable bonds is 6. The molecule has 5 nitrogen and oxygen atoms in total. The van der Waals surface area contributed by atoms with Crippen molar-refractivity contribution in [2.75, 3.05) is 26.2 Å². The molecule has 138 valence electrons. The zero-order valence-corrected chi connectivity index (χ0v) is 15.9. The first-order valence-corrected chi connectivity index (χ1v) is 9.55. The molecule has 0 bridgehead atoms. The molecule has 1 fully saturated rings. The molecule has 1 saturated heterocycles. The molecule has 3 rings (SSSR count). The molecule has 0 N–H and O–H groups in total. The van der Waals surface area contributed by atoms with E-state index in [1.165, 1.54) is 0 Å². The predicted molar refractivity (Wildman–Crippen MR) is 102 cm³/mol. The normalized spacial score (nSPS) is 19.6. The number of fused-ring (bicyclic) bond motifs is 1. The Morgan fingerprint density at radius 1 is 1.20 bits per heavy atom. The number of hydrogen-bond donors (Lipinski definition) is 0. The molecule has 1 atom stereocenters. The van der Waals surface area contributed by atoms with Gasteiger partial charge in [0, 0.05) is 31.7 Å². The highest BCUT2D eigenvalue weighted by molar-refractivity contribution is 5.72. The van der Waals surface area contributed by atoms with Crippen LogP contribution in [0.15, 0.2) is 33.5 Å². The van der Waals surface area contributed by atoms with E-state index in [4.69, 9.17) is 4.42 Å². The van der Waals surface area contributed by atoms with E-state index in [0.717, 1.165) is 44.5 Å². The summed E-state index contributed by atoms with van der Waals surface area (Å²) in [6, 6.07) is 9.06. The molecule has 25 heavy (non-hydrogen) atoms. The van der Waals surface area contributed by atoms with Gasteiger partial charge in [-0.2, -0.15) is 0 Å². The Bertz CT molecular complexity index is 739. The van der Waals surface area contributed by atoms with Crippen LogP contribution in [0.1, 0.15) is 46.6 Å². The van der Waals surface area contributed by atoms with Gasteiger partial charge in [0.25, 0.3) is 0 Å². The summed E-state index contributed by atoms with van der Waals surface area (Å²) in [4.78, 5) is 17.4. The van der Waals surface area contributed by atoms with Gasteiger partial charge in [-0.3, -0.25) is 9.47 Å². The number of likely N-dealkylation sites (tertiary alicyclic amines) is 1. The lowest BCUT2D eigenvalue weighted by molar-refractivity contribution is 0.118. The second-order valence-electron chi connectivity index (χ2n) is 7.73. The first kappa shape index (κ1) is 18.2. The van der Waals surface area contributed by atoms with Gasteiger partial charge >= 0.3 is 5.76 Å². The minimum Gasteiger partial charge on any atom is -0.408 e. The number of oxazole rings is 1. The van der Waals surface area contributed by atoms with Crippen LogP contribution in [-0.2, 0) is 0 Å². The third kappa shape index (κ3) is 3.98. The molecule has 1 aliphatic rings. The van der Waals surface area contributed by atoms with Crippen molar-refractivity contribution in [3.63, 3.8) is 0 Å². The highest BCUT2D eigenvalue weighted by Gasteiger charge is 2.25. The van der Waals surface area contributed by atoms with Crippen LogP contribution in [0.25, 0.3) is 11.1 Å². The Morgan fingerprint density at radius 3 is 2.64 bits per heavy atom. The third-order valence-electron chi connectivity index (χ3n) is 5.37. The lowest BCUT2D eigenvalue weighted by atomic mass is 10.0. The fraction of sp³-hybridized carbons (Fsp3) is 0.650. The SMILES string of the molecule is CC(C)N(CCN1CCCC(n2c(=O)oc3ccccc32)C1)C(C)C. The largest absolute Gasteiger partial charge is 0.420 e. The van der Waals surface area contributed by atoms with Crippen LogP contribution in [0.2, 0.25) is 0 Å². The fourth-order valence-electron chi connectivity index (χ4n) is 4.14. The van der Waals surface area contributed by atoms with Crippen molar-refractivity contribution in [3.05, 3.63) is 34.8 Å². The van der Waals surface area contributed by atoms with Crippen molar-refractivity contribution in [2.24, 2.45) is 0 Å².